The summed E-state index contributed by atoms with van der Waals surface area (Å²) < 4.78 is 16.6. The number of ether oxygens (including phenoxy) is 2. The summed E-state index contributed by atoms with van der Waals surface area (Å²) in [4.78, 5) is 24.4. The highest BCUT2D eigenvalue weighted by molar-refractivity contribution is 5.89. The van der Waals surface area contributed by atoms with Crippen molar-refractivity contribution in [2.24, 2.45) is 0 Å². The zero-order chi connectivity index (χ0) is 22.4. The van der Waals surface area contributed by atoms with Crippen LogP contribution in [0, 0.1) is 6.92 Å². The van der Waals surface area contributed by atoms with Crippen LogP contribution >= 0.6 is 0 Å². The molecule has 2 amide bonds. The molecule has 0 spiro atoms. The number of rotatable bonds is 8. The molecule has 0 atom stereocenters. The van der Waals surface area contributed by atoms with Crippen LogP contribution in [0.3, 0.4) is 0 Å². The molecule has 0 radical (unpaired) electrons. The molecule has 1 aromatic heterocycles. The molecular formula is C24H28N2O5. The molecule has 0 unspecified atom stereocenters. The maximum Gasteiger partial charge on any atom is 0.276 e. The van der Waals surface area contributed by atoms with Crippen molar-refractivity contribution in [3.8, 4) is 11.5 Å². The smallest absolute Gasteiger partial charge is 0.276 e. The van der Waals surface area contributed by atoms with Crippen molar-refractivity contribution in [2.45, 2.75) is 40.0 Å². The number of carbonyl (C=O) groups is 2. The first kappa shape index (κ1) is 22.2. The Hall–Kier alpha value is -3.48. The van der Waals surface area contributed by atoms with E-state index >= 15 is 0 Å². The first-order chi connectivity index (χ1) is 14.9. The SMILES string of the molecule is CCOc1ccccc1OCC(=O)NNC(=O)Cc1coc2cc(C)c(C(C)C)cc12. The molecule has 164 valence electrons. The van der Waals surface area contributed by atoms with E-state index in [1.165, 1.54) is 5.56 Å². The monoisotopic (exact) mass is 424 g/mol. The molecule has 2 N–H and O–H groups in total. The Kier molecular flexibility index (Phi) is 7.18. The van der Waals surface area contributed by atoms with Gasteiger partial charge in [-0.25, -0.2) is 0 Å². The molecule has 0 bridgehead atoms. The number of nitrogens with one attached hydrogen (secondary N) is 2. The van der Waals surface area contributed by atoms with Crippen LogP contribution in [-0.4, -0.2) is 25.0 Å². The predicted molar refractivity (Wildman–Crippen MR) is 118 cm³/mol. The molecule has 0 aliphatic rings. The lowest BCUT2D eigenvalue weighted by Gasteiger charge is -2.12. The topological polar surface area (TPSA) is 89.8 Å². The Labute approximate surface area is 181 Å². The van der Waals surface area contributed by atoms with Gasteiger partial charge in [-0.2, -0.15) is 0 Å². The Morgan fingerprint density at radius 1 is 1.03 bits per heavy atom. The third-order valence-corrected chi connectivity index (χ3v) is 4.86. The molecule has 0 saturated carbocycles. The summed E-state index contributed by atoms with van der Waals surface area (Å²) in [5, 5.41) is 0.909. The van der Waals surface area contributed by atoms with Gasteiger partial charge in [0.05, 0.1) is 19.3 Å². The van der Waals surface area contributed by atoms with E-state index in [0.717, 1.165) is 22.1 Å². The lowest BCUT2D eigenvalue weighted by Crippen LogP contribution is -2.44. The molecule has 2 aromatic carbocycles. The standard InChI is InChI=1S/C24H28N2O5/c1-5-29-20-8-6-7-9-21(20)31-14-24(28)26-25-23(27)11-17-13-30-22-10-16(4)18(15(2)3)12-19(17)22/h6-10,12-13,15H,5,11,14H2,1-4H3,(H,25,27)(H,26,28). The number of amides is 2. The van der Waals surface area contributed by atoms with Gasteiger partial charge < -0.3 is 13.9 Å². The van der Waals surface area contributed by atoms with Crippen molar-refractivity contribution in [3.63, 3.8) is 0 Å². The van der Waals surface area contributed by atoms with E-state index in [9.17, 15) is 9.59 Å². The van der Waals surface area contributed by atoms with Gasteiger partial charge in [-0.1, -0.05) is 26.0 Å². The third kappa shape index (κ3) is 5.57. The third-order valence-electron chi connectivity index (χ3n) is 4.86. The average Bonchev–Trinajstić information content (AvgIpc) is 3.12. The molecule has 3 aromatic rings. The second-order valence-corrected chi connectivity index (χ2v) is 7.56. The van der Waals surface area contributed by atoms with E-state index < -0.39 is 5.91 Å². The van der Waals surface area contributed by atoms with Crippen molar-refractivity contribution in [1.29, 1.82) is 0 Å². The van der Waals surface area contributed by atoms with Crippen LogP contribution < -0.4 is 20.3 Å². The molecule has 31 heavy (non-hydrogen) atoms. The average molecular weight is 424 g/mol. The molecule has 1 heterocycles. The summed E-state index contributed by atoms with van der Waals surface area (Å²) >= 11 is 0. The fourth-order valence-corrected chi connectivity index (χ4v) is 3.38. The van der Waals surface area contributed by atoms with Crippen LogP contribution in [-0.2, 0) is 16.0 Å². The summed E-state index contributed by atoms with van der Waals surface area (Å²) in [7, 11) is 0. The number of hydrazine groups is 1. The molecule has 7 heteroatoms. The zero-order valence-corrected chi connectivity index (χ0v) is 18.3. The van der Waals surface area contributed by atoms with E-state index in [2.05, 4.69) is 30.8 Å². The summed E-state index contributed by atoms with van der Waals surface area (Å²) in [6.45, 7) is 8.41. The van der Waals surface area contributed by atoms with Crippen molar-refractivity contribution < 1.29 is 23.5 Å². The number of hydrogen-bond acceptors (Lipinski definition) is 5. The van der Waals surface area contributed by atoms with E-state index in [1.54, 1.807) is 24.5 Å². The maximum absolute atomic E-state index is 12.3. The van der Waals surface area contributed by atoms with Gasteiger partial charge in [0.15, 0.2) is 18.1 Å². The highest BCUT2D eigenvalue weighted by Crippen LogP contribution is 2.29. The molecule has 0 fully saturated rings. The zero-order valence-electron chi connectivity index (χ0n) is 18.3. The maximum atomic E-state index is 12.3. The fraction of sp³-hybridized carbons (Fsp3) is 0.333. The van der Waals surface area contributed by atoms with Crippen LogP contribution in [0.2, 0.25) is 0 Å². The Balaban J connectivity index is 1.54. The fourth-order valence-electron chi connectivity index (χ4n) is 3.38. The highest BCUT2D eigenvalue weighted by Gasteiger charge is 2.15. The molecule has 7 nitrogen and oxygen atoms in total. The van der Waals surface area contributed by atoms with E-state index in [1.807, 2.05) is 26.0 Å². The minimum atomic E-state index is -0.477. The normalized spacial score (nSPS) is 10.9. The summed E-state index contributed by atoms with van der Waals surface area (Å²) in [6, 6.07) is 11.2. The first-order valence-corrected chi connectivity index (χ1v) is 10.3. The second kappa shape index (κ2) is 10.0. The van der Waals surface area contributed by atoms with E-state index in [4.69, 9.17) is 13.9 Å². The lowest BCUT2D eigenvalue weighted by atomic mass is 9.95. The minimum Gasteiger partial charge on any atom is -0.490 e. The largest absolute Gasteiger partial charge is 0.490 e. The van der Waals surface area contributed by atoms with Crippen LogP contribution in [0.5, 0.6) is 11.5 Å². The summed E-state index contributed by atoms with van der Waals surface area (Å²) in [5.41, 5.74) is 8.68. The molecule has 0 aliphatic heterocycles. The van der Waals surface area contributed by atoms with Crippen molar-refractivity contribution in [3.05, 3.63) is 59.4 Å². The van der Waals surface area contributed by atoms with Gasteiger partial charge in [-0.05, 0) is 55.2 Å². The first-order valence-electron chi connectivity index (χ1n) is 10.3. The highest BCUT2D eigenvalue weighted by atomic mass is 16.5. The summed E-state index contributed by atoms with van der Waals surface area (Å²) in [5.74, 6) is 0.566. The van der Waals surface area contributed by atoms with Crippen LogP contribution in [0.1, 0.15) is 43.4 Å². The van der Waals surface area contributed by atoms with Gasteiger partial charge in [-0.15, -0.1) is 0 Å². The van der Waals surface area contributed by atoms with Crippen molar-refractivity contribution in [2.75, 3.05) is 13.2 Å². The van der Waals surface area contributed by atoms with Crippen LogP contribution in [0.25, 0.3) is 11.0 Å². The number of furan rings is 1. The number of aryl methyl sites for hydroxylation is 1. The molecular weight excluding hydrogens is 396 g/mol. The Bertz CT molecular complexity index is 1070. The van der Waals surface area contributed by atoms with Crippen molar-refractivity contribution in [1.82, 2.24) is 10.9 Å². The second-order valence-electron chi connectivity index (χ2n) is 7.56. The van der Waals surface area contributed by atoms with Crippen LogP contribution in [0.15, 0.2) is 47.1 Å². The Morgan fingerprint density at radius 3 is 2.39 bits per heavy atom. The van der Waals surface area contributed by atoms with Crippen LogP contribution in [0.4, 0.5) is 0 Å². The molecule has 0 aliphatic carbocycles. The number of carbonyl (C=O) groups excluding carboxylic acids is 2. The number of fused-ring (bicyclic) bond motifs is 1. The van der Waals surface area contributed by atoms with E-state index in [-0.39, 0.29) is 18.9 Å². The number of hydrogen-bond donors (Lipinski definition) is 2. The van der Waals surface area contributed by atoms with E-state index in [0.29, 0.717) is 24.0 Å². The predicted octanol–water partition coefficient (Wildman–Crippen LogP) is 4.03. The summed E-state index contributed by atoms with van der Waals surface area (Å²) in [6.07, 6.45) is 1.67. The number of para-hydroxylation sites is 2. The lowest BCUT2D eigenvalue weighted by molar-refractivity contribution is -0.129. The Morgan fingerprint density at radius 2 is 1.71 bits per heavy atom. The minimum absolute atomic E-state index is 0.0852. The van der Waals surface area contributed by atoms with Gasteiger partial charge >= 0.3 is 0 Å². The van der Waals surface area contributed by atoms with Gasteiger partial charge in [0.1, 0.15) is 5.58 Å². The van der Waals surface area contributed by atoms with Gasteiger partial charge in [0.2, 0.25) is 5.91 Å². The van der Waals surface area contributed by atoms with Crippen molar-refractivity contribution >= 4 is 22.8 Å². The van der Waals surface area contributed by atoms with Gasteiger partial charge in [-0.3, -0.25) is 20.4 Å². The molecule has 0 saturated heterocycles. The van der Waals surface area contributed by atoms with Gasteiger partial charge in [0, 0.05) is 10.9 Å². The molecule has 3 rings (SSSR count). The number of benzene rings is 2. The van der Waals surface area contributed by atoms with Gasteiger partial charge in [0.25, 0.3) is 5.91 Å². The quantitative estimate of drug-likeness (QED) is 0.533.